The predicted octanol–water partition coefficient (Wildman–Crippen LogP) is 2.86. The Morgan fingerprint density at radius 2 is 1.88 bits per heavy atom. The van der Waals surface area contributed by atoms with Crippen LogP contribution in [0.15, 0.2) is 18.2 Å². The fourth-order valence-electron chi connectivity index (χ4n) is 1.98. The first-order valence-corrected chi connectivity index (χ1v) is 6.34. The summed E-state index contributed by atoms with van der Waals surface area (Å²) in [5.41, 5.74) is 9.94. The molecule has 0 heterocycles. The Labute approximate surface area is 106 Å². The summed E-state index contributed by atoms with van der Waals surface area (Å²) in [7, 11) is 2.18. The van der Waals surface area contributed by atoms with Gasteiger partial charge in [-0.2, -0.15) is 0 Å². The summed E-state index contributed by atoms with van der Waals surface area (Å²) in [6, 6.07) is 6.66. The number of hydrogen-bond acceptors (Lipinski definition) is 2. The molecule has 0 aliphatic heterocycles. The minimum absolute atomic E-state index is 0.158. The molecule has 1 aromatic rings. The first-order chi connectivity index (χ1) is 7.86. The van der Waals surface area contributed by atoms with Crippen LogP contribution in [0, 0.1) is 13.8 Å². The van der Waals surface area contributed by atoms with Crippen molar-refractivity contribution in [3.05, 3.63) is 34.9 Å². The second-order valence-corrected chi connectivity index (χ2v) is 5.64. The quantitative estimate of drug-likeness (QED) is 0.849. The van der Waals surface area contributed by atoms with Gasteiger partial charge in [0.15, 0.2) is 0 Å². The van der Waals surface area contributed by atoms with Crippen molar-refractivity contribution in [2.24, 2.45) is 5.73 Å². The van der Waals surface area contributed by atoms with E-state index in [2.05, 4.69) is 57.8 Å². The second kappa shape index (κ2) is 5.65. The zero-order valence-corrected chi connectivity index (χ0v) is 11.9. The van der Waals surface area contributed by atoms with E-state index in [9.17, 15) is 0 Å². The lowest BCUT2D eigenvalue weighted by Gasteiger charge is -2.36. The highest BCUT2D eigenvalue weighted by atomic mass is 15.2. The third kappa shape index (κ3) is 3.83. The molecule has 0 saturated carbocycles. The van der Waals surface area contributed by atoms with Gasteiger partial charge < -0.3 is 5.73 Å². The highest BCUT2D eigenvalue weighted by Gasteiger charge is 2.22. The smallest absolute Gasteiger partial charge is 0.0238 e. The molecular weight excluding hydrogens is 208 g/mol. The molecule has 0 aromatic heterocycles. The van der Waals surface area contributed by atoms with Crippen LogP contribution in [-0.2, 0) is 6.54 Å². The van der Waals surface area contributed by atoms with E-state index in [0.717, 1.165) is 19.5 Å². The Balaban J connectivity index is 2.80. The first-order valence-electron chi connectivity index (χ1n) is 6.34. The van der Waals surface area contributed by atoms with E-state index < -0.39 is 0 Å². The van der Waals surface area contributed by atoms with Crippen LogP contribution in [0.4, 0.5) is 0 Å². The Morgan fingerprint density at radius 1 is 1.24 bits per heavy atom. The summed E-state index contributed by atoms with van der Waals surface area (Å²) in [6.07, 6.45) is 1.02. The minimum atomic E-state index is 0.158. The number of nitrogens with two attached hydrogens (primary N) is 1. The molecular formula is C15H26N2. The lowest BCUT2D eigenvalue weighted by Crippen LogP contribution is -2.42. The fraction of sp³-hybridized carbons (Fsp3) is 0.600. The molecule has 0 aliphatic rings. The van der Waals surface area contributed by atoms with Crippen molar-refractivity contribution in [2.75, 3.05) is 13.6 Å². The third-order valence-electron chi connectivity index (χ3n) is 3.70. The van der Waals surface area contributed by atoms with Crippen molar-refractivity contribution in [1.29, 1.82) is 0 Å². The van der Waals surface area contributed by atoms with Gasteiger partial charge in [-0.25, -0.2) is 0 Å². The van der Waals surface area contributed by atoms with Crippen molar-refractivity contribution in [3.63, 3.8) is 0 Å². The summed E-state index contributed by atoms with van der Waals surface area (Å²) in [5, 5.41) is 0. The molecule has 96 valence electrons. The molecule has 0 atom stereocenters. The van der Waals surface area contributed by atoms with Gasteiger partial charge in [0.2, 0.25) is 0 Å². The maximum atomic E-state index is 5.67. The normalized spacial score (nSPS) is 12.2. The van der Waals surface area contributed by atoms with E-state index in [0.29, 0.717) is 0 Å². The van der Waals surface area contributed by atoms with Crippen molar-refractivity contribution in [1.82, 2.24) is 4.90 Å². The molecule has 0 radical (unpaired) electrons. The van der Waals surface area contributed by atoms with E-state index in [1.54, 1.807) is 0 Å². The molecule has 0 bridgehead atoms. The molecule has 0 amide bonds. The lowest BCUT2D eigenvalue weighted by atomic mass is 9.97. The first kappa shape index (κ1) is 14.2. The van der Waals surface area contributed by atoms with Crippen LogP contribution in [-0.4, -0.2) is 24.0 Å². The lowest BCUT2D eigenvalue weighted by molar-refractivity contribution is 0.139. The van der Waals surface area contributed by atoms with Gasteiger partial charge in [-0.1, -0.05) is 23.8 Å². The Kier molecular flexibility index (Phi) is 4.72. The van der Waals surface area contributed by atoms with Crippen LogP contribution >= 0.6 is 0 Å². The molecule has 2 heteroatoms. The number of rotatable bonds is 5. The molecule has 0 aliphatic carbocycles. The van der Waals surface area contributed by atoms with Gasteiger partial charge in [0.05, 0.1) is 0 Å². The van der Waals surface area contributed by atoms with Crippen LogP contribution < -0.4 is 5.73 Å². The van der Waals surface area contributed by atoms with Gasteiger partial charge in [-0.15, -0.1) is 0 Å². The van der Waals surface area contributed by atoms with Crippen molar-refractivity contribution < 1.29 is 0 Å². The highest BCUT2D eigenvalue weighted by Crippen LogP contribution is 2.21. The highest BCUT2D eigenvalue weighted by molar-refractivity contribution is 5.30. The summed E-state index contributed by atoms with van der Waals surface area (Å²) >= 11 is 0. The average molecular weight is 234 g/mol. The topological polar surface area (TPSA) is 29.3 Å². The standard InChI is InChI=1S/C15H26N2/c1-12-6-7-13(2)14(10-12)11-17(5)15(3,4)8-9-16/h6-7,10H,8-9,11,16H2,1-5H3. The Morgan fingerprint density at radius 3 is 2.47 bits per heavy atom. The van der Waals surface area contributed by atoms with E-state index in [1.165, 1.54) is 16.7 Å². The minimum Gasteiger partial charge on any atom is -0.330 e. The van der Waals surface area contributed by atoms with Crippen LogP contribution in [0.1, 0.15) is 37.0 Å². The average Bonchev–Trinajstić information content (AvgIpc) is 2.23. The molecule has 2 N–H and O–H groups in total. The maximum absolute atomic E-state index is 5.67. The van der Waals surface area contributed by atoms with E-state index in [4.69, 9.17) is 5.73 Å². The van der Waals surface area contributed by atoms with Crippen LogP contribution in [0.3, 0.4) is 0 Å². The number of hydrogen-bond donors (Lipinski definition) is 1. The fourth-order valence-corrected chi connectivity index (χ4v) is 1.98. The van der Waals surface area contributed by atoms with Crippen molar-refractivity contribution >= 4 is 0 Å². The van der Waals surface area contributed by atoms with Crippen molar-refractivity contribution in [3.8, 4) is 0 Å². The summed E-state index contributed by atoms with van der Waals surface area (Å²) in [4.78, 5) is 2.39. The second-order valence-electron chi connectivity index (χ2n) is 5.64. The van der Waals surface area contributed by atoms with Gasteiger partial charge in [-0.3, -0.25) is 4.90 Å². The third-order valence-corrected chi connectivity index (χ3v) is 3.70. The summed E-state index contributed by atoms with van der Waals surface area (Å²) < 4.78 is 0. The number of aryl methyl sites for hydroxylation is 2. The Bertz CT molecular complexity index is 369. The zero-order chi connectivity index (χ0) is 13.1. The SMILES string of the molecule is Cc1ccc(C)c(CN(C)C(C)(C)CCN)c1. The van der Waals surface area contributed by atoms with Gasteiger partial charge in [0, 0.05) is 12.1 Å². The van der Waals surface area contributed by atoms with Gasteiger partial charge in [0.1, 0.15) is 0 Å². The van der Waals surface area contributed by atoms with E-state index in [-0.39, 0.29) is 5.54 Å². The van der Waals surface area contributed by atoms with Gasteiger partial charge in [-0.05, 0) is 58.8 Å². The molecule has 1 rings (SSSR count). The monoisotopic (exact) mass is 234 g/mol. The van der Waals surface area contributed by atoms with Crippen molar-refractivity contribution in [2.45, 2.75) is 46.2 Å². The summed E-state index contributed by atoms with van der Waals surface area (Å²) in [6.45, 7) is 10.6. The molecule has 0 saturated heterocycles. The van der Waals surface area contributed by atoms with E-state index in [1.807, 2.05) is 0 Å². The van der Waals surface area contributed by atoms with Gasteiger partial charge in [0.25, 0.3) is 0 Å². The molecule has 0 spiro atoms. The molecule has 17 heavy (non-hydrogen) atoms. The van der Waals surface area contributed by atoms with Crippen LogP contribution in [0.2, 0.25) is 0 Å². The zero-order valence-electron chi connectivity index (χ0n) is 11.9. The Hall–Kier alpha value is -0.860. The largest absolute Gasteiger partial charge is 0.330 e. The number of nitrogens with zero attached hydrogens (tertiary/aromatic N) is 1. The summed E-state index contributed by atoms with van der Waals surface area (Å²) in [5.74, 6) is 0. The van der Waals surface area contributed by atoms with Crippen LogP contribution in [0.5, 0.6) is 0 Å². The predicted molar refractivity (Wildman–Crippen MR) is 75.1 cm³/mol. The number of benzene rings is 1. The molecule has 1 aromatic carbocycles. The molecule has 2 nitrogen and oxygen atoms in total. The molecule has 0 fully saturated rings. The van der Waals surface area contributed by atoms with Crippen LogP contribution in [0.25, 0.3) is 0 Å². The van der Waals surface area contributed by atoms with E-state index >= 15 is 0 Å². The van der Waals surface area contributed by atoms with Gasteiger partial charge >= 0.3 is 0 Å². The maximum Gasteiger partial charge on any atom is 0.0238 e. The molecule has 0 unspecified atom stereocenters.